The second-order valence-electron chi connectivity index (χ2n) is 4.24. The third kappa shape index (κ3) is 4.53. The lowest BCUT2D eigenvalue weighted by Crippen LogP contribution is -2.38. The van der Waals surface area contributed by atoms with E-state index >= 15 is 0 Å². The largest absolute Gasteiger partial charge is 0.335 e. The van der Waals surface area contributed by atoms with Crippen molar-refractivity contribution in [1.29, 1.82) is 0 Å². The van der Waals surface area contributed by atoms with Gasteiger partial charge in [0, 0.05) is 25.2 Å². The Morgan fingerprint density at radius 3 is 2.33 bits per heavy atom. The van der Waals surface area contributed by atoms with Crippen molar-refractivity contribution in [3.8, 4) is 0 Å². The first-order valence-corrected chi connectivity index (χ1v) is 6.12. The quantitative estimate of drug-likeness (QED) is 0.531. The van der Waals surface area contributed by atoms with Gasteiger partial charge < -0.3 is 4.90 Å². The molecule has 0 radical (unpaired) electrons. The predicted octanol–water partition coefficient (Wildman–Crippen LogP) is 1.87. The molecule has 0 bridgehead atoms. The van der Waals surface area contributed by atoms with E-state index in [9.17, 15) is 4.79 Å². The molecule has 3 heteroatoms. The topological polar surface area (TPSA) is 24.2 Å². The van der Waals surface area contributed by atoms with Crippen molar-refractivity contribution >= 4 is 5.91 Å². The van der Waals surface area contributed by atoms with E-state index in [0.717, 1.165) is 0 Å². The number of aromatic nitrogens is 1. The molecule has 0 aliphatic heterocycles. The second-order valence-corrected chi connectivity index (χ2v) is 4.24. The molecule has 0 fully saturated rings. The van der Waals surface area contributed by atoms with Crippen molar-refractivity contribution in [2.45, 2.75) is 19.9 Å². The molecular formula is C15H21N2O+. The molecule has 1 heterocycles. The molecule has 1 amide bonds. The summed E-state index contributed by atoms with van der Waals surface area (Å²) in [4.78, 5) is 13.7. The van der Waals surface area contributed by atoms with Crippen molar-refractivity contribution in [2.24, 2.45) is 0 Å². The van der Waals surface area contributed by atoms with E-state index in [1.54, 1.807) is 17.1 Å². The average molecular weight is 245 g/mol. The molecular weight excluding hydrogens is 224 g/mol. The zero-order chi connectivity index (χ0) is 13.4. The van der Waals surface area contributed by atoms with Crippen molar-refractivity contribution in [3.05, 3.63) is 55.4 Å². The maximum atomic E-state index is 12.0. The van der Waals surface area contributed by atoms with Gasteiger partial charge in [0.15, 0.2) is 18.9 Å². The molecule has 0 saturated heterocycles. The predicted molar refractivity (Wildman–Crippen MR) is 73.0 cm³/mol. The molecule has 0 spiro atoms. The van der Waals surface area contributed by atoms with Gasteiger partial charge in [-0.3, -0.25) is 4.79 Å². The van der Waals surface area contributed by atoms with Crippen LogP contribution in [0.5, 0.6) is 0 Å². The van der Waals surface area contributed by atoms with Crippen LogP contribution in [0.3, 0.4) is 0 Å². The highest BCUT2D eigenvalue weighted by Gasteiger charge is 2.12. The number of aryl methyl sites for hydroxylation is 2. The van der Waals surface area contributed by atoms with Crippen LogP contribution in [-0.4, -0.2) is 23.9 Å². The summed E-state index contributed by atoms with van der Waals surface area (Å²) in [6, 6.07) is 4.07. The van der Waals surface area contributed by atoms with Crippen LogP contribution in [0.25, 0.3) is 0 Å². The molecule has 0 unspecified atom stereocenters. The Morgan fingerprint density at radius 1 is 1.28 bits per heavy atom. The third-order valence-electron chi connectivity index (χ3n) is 2.69. The number of rotatable bonds is 7. The van der Waals surface area contributed by atoms with E-state index in [1.807, 2.05) is 36.0 Å². The number of amides is 1. The van der Waals surface area contributed by atoms with Crippen molar-refractivity contribution in [3.63, 3.8) is 0 Å². The van der Waals surface area contributed by atoms with Gasteiger partial charge in [-0.1, -0.05) is 12.2 Å². The zero-order valence-corrected chi connectivity index (χ0v) is 11.0. The molecule has 0 aliphatic carbocycles. The number of pyridine rings is 1. The highest BCUT2D eigenvalue weighted by atomic mass is 16.2. The van der Waals surface area contributed by atoms with Gasteiger partial charge >= 0.3 is 0 Å². The van der Waals surface area contributed by atoms with Crippen LogP contribution >= 0.6 is 0 Å². The summed E-state index contributed by atoms with van der Waals surface area (Å²) in [5, 5.41) is 0. The summed E-state index contributed by atoms with van der Waals surface area (Å²) < 4.78 is 2.02. The standard InChI is InChI=1S/C15H21N2O/c1-4-9-17(10-5-2)15(18)8-13-16-11-6-14(3)7-12-16/h4-7,11-12H,1-2,8-10,13H2,3H3/q+1. The van der Waals surface area contributed by atoms with Gasteiger partial charge in [0.05, 0.1) is 6.42 Å². The zero-order valence-electron chi connectivity index (χ0n) is 11.0. The number of hydrogen-bond donors (Lipinski definition) is 0. The van der Waals surface area contributed by atoms with Crippen LogP contribution in [0.1, 0.15) is 12.0 Å². The Balaban J connectivity index is 2.50. The van der Waals surface area contributed by atoms with Gasteiger partial charge in [-0.05, 0) is 12.5 Å². The molecule has 3 nitrogen and oxygen atoms in total. The van der Waals surface area contributed by atoms with Crippen molar-refractivity contribution in [2.75, 3.05) is 13.1 Å². The van der Waals surface area contributed by atoms with E-state index in [4.69, 9.17) is 0 Å². The monoisotopic (exact) mass is 245 g/mol. The van der Waals surface area contributed by atoms with Crippen molar-refractivity contribution in [1.82, 2.24) is 4.90 Å². The summed E-state index contributed by atoms with van der Waals surface area (Å²) >= 11 is 0. The van der Waals surface area contributed by atoms with Gasteiger partial charge in [-0.15, -0.1) is 13.2 Å². The summed E-state index contributed by atoms with van der Waals surface area (Å²) in [5.41, 5.74) is 1.22. The van der Waals surface area contributed by atoms with E-state index in [1.165, 1.54) is 5.56 Å². The first-order valence-electron chi connectivity index (χ1n) is 6.12. The summed E-state index contributed by atoms with van der Waals surface area (Å²) in [5.74, 6) is 0.128. The summed E-state index contributed by atoms with van der Waals surface area (Å²) in [6.45, 7) is 11.2. The molecule has 1 aromatic heterocycles. The van der Waals surface area contributed by atoms with Crippen LogP contribution in [-0.2, 0) is 11.3 Å². The van der Waals surface area contributed by atoms with Crippen LogP contribution < -0.4 is 4.57 Å². The van der Waals surface area contributed by atoms with Crippen LogP contribution in [0, 0.1) is 6.92 Å². The molecule has 0 saturated carbocycles. The van der Waals surface area contributed by atoms with E-state index in [-0.39, 0.29) is 5.91 Å². The Labute approximate surface area is 109 Å². The number of carbonyl (C=O) groups excluding carboxylic acids is 1. The first kappa shape index (κ1) is 14.2. The van der Waals surface area contributed by atoms with E-state index in [2.05, 4.69) is 13.2 Å². The number of hydrogen-bond acceptors (Lipinski definition) is 1. The van der Waals surface area contributed by atoms with Gasteiger partial charge in [0.25, 0.3) is 0 Å². The second kappa shape index (κ2) is 7.43. The van der Waals surface area contributed by atoms with Crippen LogP contribution in [0.2, 0.25) is 0 Å². The highest BCUT2D eigenvalue weighted by molar-refractivity contribution is 5.76. The Hall–Kier alpha value is -1.90. The lowest BCUT2D eigenvalue weighted by Gasteiger charge is -2.18. The number of carbonyl (C=O) groups is 1. The smallest absolute Gasteiger partial charge is 0.229 e. The molecule has 0 aliphatic rings. The maximum Gasteiger partial charge on any atom is 0.229 e. The normalized spacial score (nSPS) is 9.83. The summed E-state index contributed by atoms with van der Waals surface area (Å²) in [6.07, 6.45) is 7.96. The maximum absolute atomic E-state index is 12.0. The van der Waals surface area contributed by atoms with E-state index in [0.29, 0.717) is 26.1 Å². The Bertz CT molecular complexity index is 399. The summed E-state index contributed by atoms with van der Waals surface area (Å²) in [7, 11) is 0. The lowest BCUT2D eigenvalue weighted by molar-refractivity contribution is -0.696. The first-order chi connectivity index (χ1) is 8.67. The Morgan fingerprint density at radius 2 is 1.83 bits per heavy atom. The van der Waals surface area contributed by atoms with Crippen molar-refractivity contribution < 1.29 is 9.36 Å². The minimum atomic E-state index is 0.128. The fourth-order valence-electron chi connectivity index (χ4n) is 1.65. The molecule has 0 aromatic carbocycles. The third-order valence-corrected chi connectivity index (χ3v) is 2.69. The minimum Gasteiger partial charge on any atom is -0.335 e. The molecule has 96 valence electrons. The van der Waals surface area contributed by atoms with E-state index < -0.39 is 0 Å². The minimum absolute atomic E-state index is 0.128. The van der Waals surface area contributed by atoms with Crippen LogP contribution in [0.4, 0.5) is 0 Å². The van der Waals surface area contributed by atoms with Crippen LogP contribution in [0.15, 0.2) is 49.8 Å². The Kier molecular flexibility index (Phi) is 5.85. The fourth-order valence-corrected chi connectivity index (χ4v) is 1.65. The molecule has 0 N–H and O–H groups in total. The lowest BCUT2D eigenvalue weighted by atomic mass is 10.3. The fraction of sp³-hybridized carbons (Fsp3) is 0.333. The molecule has 1 rings (SSSR count). The molecule has 18 heavy (non-hydrogen) atoms. The molecule has 1 aromatic rings. The van der Waals surface area contributed by atoms with Gasteiger partial charge in [-0.25, -0.2) is 4.57 Å². The average Bonchev–Trinajstić information content (AvgIpc) is 2.37. The number of nitrogens with zero attached hydrogens (tertiary/aromatic N) is 2. The molecule has 0 atom stereocenters. The van der Waals surface area contributed by atoms with Gasteiger partial charge in [0.2, 0.25) is 5.91 Å². The van der Waals surface area contributed by atoms with Gasteiger partial charge in [0.1, 0.15) is 0 Å². The SMILES string of the molecule is C=CCN(CC=C)C(=O)CC[n+]1ccc(C)cc1. The van der Waals surface area contributed by atoms with Gasteiger partial charge in [-0.2, -0.15) is 0 Å². The highest BCUT2D eigenvalue weighted by Crippen LogP contribution is 1.96.